The Morgan fingerprint density at radius 1 is 1.28 bits per heavy atom. The molecular weight excluding hydrogens is 340 g/mol. The average molecular weight is 356 g/mol. The van der Waals surface area contributed by atoms with Crippen molar-refractivity contribution in [3.63, 3.8) is 0 Å². The largest absolute Gasteiger partial charge is 0.462 e. The van der Waals surface area contributed by atoms with Gasteiger partial charge in [-0.05, 0) is 13.8 Å². The van der Waals surface area contributed by atoms with Crippen LogP contribution in [0.25, 0.3) is 10.6 Å². The van der Waals surface area contributed by atoms with E-state index in [0.717, 1.165) is 15.3 Å². The summed E-state index contributed by atoms with van der Waals surface area (Å²) in [5.41, 5.74) is 7.48. The summed E-state index contributed by atoms with van der Waals surface area (Å²) in [5, 5.41) is 4.67. The third-order valence-corrected chi connectivity index (χ3v) is 4.70. The molecule has 0 radical (unpaired) electrons. The molecule has 0 bridgehead atoms. The lowest BCUT2D eigenvalue weighted by Crippen LogP contribution is -2.17. The normalized spacial score (nSPS) is 10.6. The molecule has 0 spiro atoms. The molecule has 128 valence electrons. The number of thiazole rings is 1. The standard InChI is InChI=1S/C17H16N4O3S/c1-3-24-17(23)12-9-19-21(14(12)18)16(22)13-10(2)20-15(25-13)11-7-5-4-6-8-11/h4-9H,3,18H2,1-2H3. The van der Waals surface area contributed by atoms with Gasteiger partial charge in [-0.3, -0.25) is 4.79 Å². The number of carbonyl (C=O) groups is 2. The van der Waals surface area contributed by atoms with Crippen LogP contribution in [-0.4, -0.2) is 33.2 Å². The maximum absolute atomic E-state index is 12.8. The van der Waals surface area contributed by atoms with Crippen molar-refractivity contribution in [1.29, 1.82) is 0 Å². The molecule has 0 amide bonds. The Balaban J connectivity index is 1.95. The maximum atomic E-state index is 12.8. The highest BCUT2D eigenvalue weighted by molar-refractivity contribution is 7.17. The fourth-order valence-electron chi connectivity index (χ4n) is 2.28. The van der Waals surface area contributed by atoms with Crippen LogP contribution < -0.4 is 5.73 Å². The van der Waals surface area contributed by atoms with Crippen molar-refractivity contribution in [2.24, 2.45) is 0 Å². The number of nitrogens with two attached hydrogens (primary N) is 1. The molecule has 25 heavy (non-hydrogen) atoms. The van der Waals surface area contributed by atoms with Gasteiger partial charge in [0.15, 0.2) is 0 Å². The first-order valence-electron chi connectivity index (χ1n) is 7.61. The number of hydrogen-bond donors (Lipinski definition) is 1. The minimum atomic E-state index is -0.606. The molecule has 2 N–H and O–H groups in total. The van der Waals surface area contributed by atoms with E-state index in [1.54, 1.807) is 13.8 Å². The number of nitrogens with zero attached hydrogens (tertiary/aromatic N) is 3. The zero-order valence-corrected chi connectivity index (χ0v) is 14.5. The Labute approximate surface area is 148 Å². The van der Waals surface area contributed by atoms with Gasteiger partial charge in [0.2, 0.25) is 0 Å². The summed E-state index contributed by atoms with van der Waals surface area (Å²) in [6.07, 6.45) is 1.24. The quantitative estimate of drug-likeness (QED) is 0.722. The van der Waals surface area contributed by atoms with E-state index in [9.17, 15) is 9.59 Å². The molecule has 0 aliphatic carbocycles. The van der Waals surface area contributed by atoms with Crippen LogP contribution >= 0.6 is 11.3 Å². The lowest BCUT2D eigenvalue weighted by atomic mass is 10.2. The second kappa shape index (κ2) is 6.86. The summed E-state index contributed by atoms with van der Waals surface area (Å²) < 4.78 is 5.90. The SMILES string of the molecule is CCOC(=O)c1cnn(C(=O)c2sc(-c3ccccc3)nc2C)c1N. The van der Waals surface area contributed by atoms with Crippen LogP contribution in [-0.2, 0) is 4.74 Å². The predicted octanol–water partition coefficient (Wildman–Crippen LogP) is 2.76. The van der Waals surface area contributed by atoms with E-state index >= 15 is 0 Å². The van der Waals surface area contributed by atoms with Crippen molar-refractivity contribution < 1.29 is 14.3 Å². The van der Waals surface area contributed by atoms with Crippen LogP contribution in [0, 0.1) is 6.92 Å². The van der Waals surface area contributed by atoms with E-state index in [1.807, 2.05) is 30.3 Å². The summed E-state index contributed by atoms with van der Waals surface area (Å²) in [5.74, 6) is -1.08. The first-order valence-corrected chi connectivity index (χ1v) is 8.42. The van der Waals surface area contributed by atoms with Crippen LogP contribution in [0.5, 0.6) is 0 Å². The predicted molar refractivity (Wildman–Crippen MR) is 94.6 cm³/mol. The third-order valence-electron chi connectivity index (χ3n) is 3.51. The van der Waals surface area contributed by atoms with Crippen molar-refractivity contribution in [1.82, 2.24) is 14.8 Å². The second-order valence-electron chi connectivity index (χ2n) is 5.18. The summed E-state index contributed by atoms with van der Waals surface area (Å²) in [6, 6.07) is 9.58. The number of anilines is 1. The number of rotatable bonds is 4. The first-order chi connectivity index (χ1) is 12.0. The molecule has 0 aliphatic rings. The van der Waals surface area contributed by atoms with Crippen LogP contribution in [0.2, 0.25) is 0 Å². The molecule has 0 fully saturated rings. The monoisotopic (exact) mass is 356 g/mol. The van der Waals surface area contributed by atoms with Gasteiger partial charge < -0.3 is 10.5 Å². The Hall–Kier alpha value is -3.00. The number of carbonyl (C=O) groups excluding carboxylic acids is 2. The fourth-order valence-corrected chi connectivity index (χ4v) is 3.28. The summed E-state index contributed by atoms with van der Waals surface area (Å²) >= 11 is 1.26. The molecule has 3 rings (SSSR count). The zero-order chi connectivity index (χ0) is 18.0. The number of esters is 1. The molecular formula is C17H16N4O3S. The smallest absolute Gasteiger partial charge is 0.343 e. The van der Waals surface area contributed by atoms with E-state index in [0.29, 0.717) is 10.6 Å². The van der Waals surface area contributed by atoms with Gasteiger partial charge in [-0.2, -0.15) is 9.78 Å². The molecule has 7 nitrogen and oxygen atoms in total. The maximum Gasteiger partial charge on any atom is 0.343 e. The number of nitrogen functional groups attached to an aromatic ring is 1. The summed E-state index contributed by atoms with van der Waals surface area (Å²) in [7, 11) is 0. The van der Waals surface area contributed by atoms with Crippen LogP contribution in [0.15, 0.2) is 36.5 Å². The van der Waals surface area contributed by atoms with E-state index in [4.69, 9.17) is 10.5 Å². The molecule has 1 aromatic carbocycles. The van der Waals surface area contributed by atoms with Crippen LogP contribution in [0.4, 0.5) is 5.82 Å². The number of ether oxygens (including phenoxy) is 1. The summed E-state index contributed by atoms with van der Waals surface area (Å²) in [4.78, 5) is 29.5. The molecule has 2 heterocycles. The lowest BCUT2D eigenvalue weighted by molar-refractivity contribution is 0.0527. The van der Waals surface area contributed by atoms with Gasteiger partial charge in [0.25, 0.3) is 5.91 Å². The summed E-state index contributed by atoms with van der Waals surface area (Å²) in [6.45, 7) is 3.66. The first kappa shape index (κ1) is 16.8. The van der Waals surface area contributed by atoms with Gasteiger partial charge in [-0.15, -0.1) is 11.3 Å². The van der Waals surface area contributed by atoms with E-state index in [1.165, 1.54) is 17.5 Å². The molecule has 0 saturated heterocycles. The molecule has 8 heteroatoms. The molecule has 2 aromatic heterocycles. The van der Waals surface area contributed by atoms with Crippen molar-refractivity contribution >= 4 is 29.0 Å². The Morgan fingerprint density at radius 2 is 2.00 bits per heavy atom. The zero-order valence-electron chi connectivity index (χ0n) is 13.7. The van der Waals surface area contributed by atoms with Crippen LogP contribution in [0.3, 0.4) is 0 Å². The van der Waals surface area contributed by atoms with Crippen molar-refractivity contribution in [3.05, 3.63) is 52.7 Å². The van der Waals surface area contributed by atoms with Gasteiger partial charge >= 0.3 is 5.97 Å². The highest BCUT2D eigenvalue weighted by Crippen LogP contribution is 2.29. The molecule has 0 aliphatic heterocycles. The van der Waals surface area contributed by atoms with Crippen LogP contribution in [0.1, 0.15) is 32.6 Å². The molecule has 3 aromatic rings. The highest BCUT2D eigenvalue weighted by Gasteiger charge is 2.24. The van der Waals surface area contributed by atoms with E-state index in [-0.39, 0.29) is 18.0 Å². The van der Waals surface area contributed by atoms with Crippen molar-refractivity contribution in [3.8, 4) is 10.6 Å². The number of aryl methyl sites for hydroxylation is 1. The number of hydrogen-bond acceptors (Lipinski definition) is 7. The Bertz CT molecular complexity index is 931. The van der Waals surface area contributed by atoms with Gasteiger partial charge in [0.05, 0.1) is 18.5 Å². The highest BCUT2D eigenvalue weighted by atomic mass is 32.1. The van der Waals surface area contributed by atoms with Gasteiger partial charge in [0, 0.05) is 5.56 Å². The van der Waals surface area contributed by atoms with Gasteiger partial charge in [-0.25, -0.2) is 9.78 Å². The van der Waals surface area contributed by atoms with E-state index in [2.05, 4.69) is 10.1 Å². The van der Waals surface area contributed by atoms with Crippen molar-refractivity contribution in [2.45, 2.75) is 13.8 Å². The minimum Gasteiger partial charge on any atom is -0.462 e. The van der Waals surface area contributed by atoms with Gasteiger partial charge in [-0.1, -0.05) is 30.3 Å². The fraction of sp³-hybridized carbons (Fsp3) is 0.176. The second-order valence-corrected chi connectivity index (χ2v) is 6.18. The molecule has 0 saturated carbocycles. The van der Waals surface area contributed by atoms with Crippen molar-refractivity contribution in [2.75, 3.05) is 12.3 Å². The molecule has 0 atom stereocenters. The third kappa shape index (κ3) is 3.16. The Morgan fingerprint density at radius 3 is 2.68 bits per heavy atom. The number of benzene rings is 1. The number of aromatic nitrogens is 3. The Kier molecular flexibility index (Phi) is 4.62. The lowest BCUT2D eigenvalue weighted by Gasteiger charge is -2.03. The molecule has 0 unspecified atom stereocenters. The topological polar surface area (TPSA) is 100 Å². The average Bonchev–Trinajstić information content (AvgIpc) is 3.18. The van der Waals surface area contributed by atoms with Gasteiger partial charge in [0.1, 0.15) is 21.3 Å². The van der Waals surface area contributed by atoms with E-state index < -0.39 is 11.9 Å². The minimum absolute atomic E-state index is 0.0440.